The van der Waals surface area contributed by atoms with Crippen molar-refractivity contribution >= 4 is 12.1 Å². The van der Waals surface area contributed by atoms with Crippen LogP contribution in [0.15, 0.2) is 0 Å². The lowest BCUT2D eigenvalue weighted by molar-refractivity contribution is -0.138. The molecule has 5 heteroatoms. The van der Waals surface area contributed by atoms with Crippen molar-refractivity contribution in [3.8, 4) is 0 Å². The van der Waals surface area contributed by atoms with E-state index in [0.717, 1.165) is 6.42 Å². The number of carboxylic acids is 1. The fourth-order valence-electron chi connectivity index (χ4n) is 1.72. The Balaban J connectivity index is 4.81. The summed E-state index contributed by atoms with van der Waals surface area (Å²) in [6, 6.07) is -0.313. The Morgan fingerprint density at radius 2 is 1.88 bits per heavy atom. The van der Waals surface area contributed by atoms with Crippen molar-refractivity contribution in [1.29, 1.82) is 0 Å². The van der Waals surface area contributed by atoms with E-state index in [9.17, 15) is 9.59 Å². The number of aliphatic carboxylic acids is 1. The number of carbonyl (C=O) groups excluding carboxylic acids is 1. The Morgan fingerprint density at radius 3 is 2.24 bits per heavy atom. The topological polar surface area (TPSA) is 66.8 Å². The van der Waals surface area contributed by atoms with Gasteiger partial charge in [0.1, 0.15) is 0 Å². The Morgan fingerprint density at radius 1 is 1.29 bits per heavy atom. The first-order chi connectivity index (χ1) is 7.93. The van der Waals surface area contributed by atoms with Crippen LogP contribution in [0.4, 0.5) is 4.79 Å². The highest BCUT2D eigenvalue weighted by atomic mass is 16.6. The van der Waals surface area contributed by atoms with Crippen molar-refractivity contribution in [2.24, 2.45) is 5.92 Å². The van der Waals surface area contributed by atoms with Crippen molar-refractivity contribution in [3.05, 3.63) is 0 Å². The van der Waals surface area contributed by atoms with Gasteiger partial charge in [-0.25, -0.2) is 4.79 Å². The van der Waals surface area contributed by atoms with Gasteiger partial charge >= 0.3 is 12.1 Å². The third-order valence-corrected chi connectivity index (χ3v) is 2.52. The lowest BCUT2D eigenvalue weighted by Crippen LogP contribution is -2.45. The maximum absolute atomic E-state index is 11.8. The molecule has 5 nitrogen and oxygen atoms in total. The smallest absolute Gasteiger partial charge is 0.410 e. The molecule has 0 aromatic rings. The molecular formula is C12H23NO4. The highest BCUT2D eigenvalue weighted by Gasteiger charge is 2.28. The maximum Gasteiger partial charge on any atom is 0.410 e. The van der Waals surface area contributed by atoms with Crippen molar-refractivity contribution in [2.75, 3.05) is 13.2 Å². The van der Waals surface area contributed by atoms with Crippen LogP contribution >= 0.6 is 0 Å². The Hall–Kier alpha value is -1.26. The van der Waals surface area contributed by atoms with Crippen LogP contribution in [0.1, 0.15) is 40.5 Å². The second kappa shape index (κ2) is 7.92. The quantitative estimate of drug-likeness (QED) is 0.747. The molecule has 1 unspecified atom stereocenters. The first-order valence-corrected chi connectivity index (χ1v) is 6.09. The summed E-state index contributed by atoms with van der Waals surface area (Å²) in [6.07, 6.45) is 0.312. The van der Waals surface area contributed by atoms with Gasteiger partial charge in [0.15, 0.2) is 0 Å². The third-order valence-electron chi connectivity index (χ3n) is 2.52. The zero-order chi connectivity index (χ0) is 13.4. The van der Waals surface area contributed by atoms with E-state index >= 15 is 0 Å². The fourth-order valence-corrected chi connectivity index (χ4v) is 1.72. The van der Waals surface area contributed by atoms with Crippen LogP contribution in [-0.4, -0.2) is 41.3 Å². The second-order valence-electron chi connectivity index (χ2n) is 4.30. The predicted octanol–water partition coefficient (Wildman–Crippen LogP) is 2.35. The molecule has 0 fully saturated rings. The van der Waals surface area contributed by atoms with E-state index in [-0.39, 0.29) is 18.4 Å². The van der Waals surface area contributed by atoms with Gasteiger partial charge in [0.25, 0.3) is 0 Å². The van der Waals surface area contributed by atoms with Gasteiger partial charge in [-0.15, -0.1) is 0 Å². The molecule has 1 N–H and O–H groups in total. The number of hydrogen-bond acceptors (Lipinski definition) is 3. The van der Waals surface area contributed by atoms with Crippen molar-refractivity contribution in [2.45, 2.75) is 46.6 Å². The standard InChI is InChI=1S/C12H23NO4/c1-5-7-13(12(16)17-6-2)10(9(3)4)8-11(14)15/h9-10H,5-8H2,1-4H3,(H,14,15). The van der Waals surface area contributed by atoms with E-state index in [1.54, 1.807) is 6.92 Å². The zero-order valence-electron chi connectivity index (χ0n) is 11.1. The molecule has 0 aliphatic rings. The summed E-state index contributed by atoms with van der Waals surface area (Å²) in [5, 5.41) is 8.88. The molecule has 0 aromatic heterocycles. The van der Waals surface area contributed by atoms with Crippen LogP contribution in [-0.2, 0) is 9.53 Å². The minimum Gasteiger partial charge on any atom is -0.481 e. The van der Waals surface area contributed by atoms with Gasteiger partial charge in [0, 0.05) is 12.6 Å². The number of rotatable bonds is 7. The van der Waals surface area contributed by atoms with Crippen LogP contribution < -0.4 is 0 Å². The number of carbonyl (C=O) groups is 2. The van der Waals surface area contributed by atoms with E-state index in [0.29, 0.717) is 13.2 Å². The summed E-state index contributed by atoms with van der Waals surface area (Å²) < 4.78 is 4.96. The van der Waals surface area contributed by atoms with Crippen LogP contribution in [0.3, 0.4) is 0 Å². The summed E-state index contributed by atoms with van der Waals surface area (Å²) in [6.45, 7) is 8.34. The van der Waals surface area contributed by atoms with Crippen molar-refractivity contribution in [3.63, 3.8) is 0 Å². The number of hydrogen-bond donors (Lipinski definition) is 1. The van der Waals surface area contributed by atoms with E-state index in [4.69, 9.17) is 9.84 Å². The zero-order valence-corrected chi connectivity index (χ0v) is 11.1. The van der Waals surface area contributed by atoms with Gasteiger partial charge in [-0.05, 0) is 19.3 Å². The molecule has 0 aromatic carbocycles. The van der Waals surface area contributed by atoms with Crippen LogP contribution in [0.2, 0.25) is 0 Å². The van der Waals surface area contributed by atoms with Crippen LogP contribution in [0, 0.1) is 5.92 Å². The van der Waals surface area contributed by atoms with Gasteiger partial charge < -0.3 is 14.7 Å². The molecule has 0 saturated heterocycles. The summed E-state index contributed by atoms with van der Waals surface area (Å²) in [5.41, 5.74) is 0. The Bertz CT molecular complexity index is 253. The molecule has 0 rings (SSSR count). The molecule has 0 aliphatic carbocycles. The molecule has 17 heavy (non-hydrogen) atoms. The van der Waals surface area contributed by atoms with Crippen LogP contribution in [0.5, 0.6) is 0 Å². The van der Waals surface area contributed by atoms with E-state index in [2.05, 4.69) is 0 Å². The summed E-state index contributed by atoms with van der Waals surface area (Å²) >= 11 is 0. The normalized spacial score (nSPS) is 12.3. The molecule has 0 radical (unpaired) electrons. The lowest BCUT2D eigenvalue weighted by Gasteiger charge is -2.32. The minimum absolute atomic E-state index is 0.0452. The lowest BCUT2D eigenvalue weighted by atomic mass is 9.99. The largest absolute Gasteiger partial charge is 0.481 e. The maximum atomic E-state index is 11.8. The van der Waals surface area contributed by atoms with Gasteiger partial charge in [0.05, 0.1) is 13.0 Å². The van der Waals surface area contributed by atoms with Gasteiger partial charge in [-0.1, -0.05) is 20.8 Å². The highest BCUT2D eigenvalue weighted by molar-refractivity contribution is 5.71. The molecule has 0 saturated carbocycles. The molecule has 1 amide bonds. The Kier molecular flexibility index (Phi) is 7.34. The van der Waals surface area contributed by atoms with Crippen molar-refractivity contribution < 1.29 is 19.4 Å². The number of nitrogens with zero attached hydrogens (tertiary/aromatic N) is 1. The SMILES string of the molecule is CCCN(C(=O)OCC)C(CC(=O)O)C(C)C. The molecule has 0 bridgehead atoms. The van der Waals surface area contributed by atoms with E-state index in [1.165, 1.54) is 4.90 Å². The highest BCUT2D eigenvalue weighted by Crippen LogP contribution is 2.16. The second-order valence-corrected chi connectivity index (χ2v) is 4.30. The number of amides is 1. The average Bonchev–Trinajstić information content (AvgIpc) is 2.22. The van der Waals surface area contributed by atoms with Gasteiger partial charge in [-0.2, -0.15) is 0 Å². The molecule has 1 atom stereocenters. The summed E-state index contributed by atoms with van der Waals surface area (Å²) in [5.74, 6) is -0.809. The minimum atomic E-state index is -0.894. The first-order valence-electron chi connectivity index (χ1n) is 6.09. The third kappa shape index (κ3) is 5.56. The van der Waals surface area contributed by atoms with Crippen LogP contribution in [0.25, 0.3) is 0 Å². The number of carboxylic acid groups (broad SMARTS) is 1. The summed E-state index contributed by atoms with van der Waals surface area (Å²) in [4.78, 5) is 24.1. The first kappa shape index (κ1) is 15.7. The molecule has 0 spiro atoms. The van der Waals surface area contributed by atoms with E-state index < -0.39 is 12.1 Å². The molecular weight excluding hydrogens is 222 g/mol. The molecule has 100 valence electrons. The Labute approximate surface area is 103 Å². The monoisotopic (exact) mass is 245 g/mol. The summed E-state index contributed by atoms with van der Waals surface area (Å²) in [7, 11) is 0. The molecule has 0 heterocycles. The van der Waals surface area contributed by atoms with Gasteiger partial charge in [-0.3, -0.25) is 4.79 Å². The fraction of sp³-hybridized carbons (Fsp3) is 0.833. The average molecular weight is 245 g/mol. The predicted molar refractivity (Wildman–Crippen MR) is 64.9 cm³/mol. The van der Waals surface area contributed by atoms with Crippen molar-refractivity contribution in [1.82, 2.24) is 4.90 Å². The van der Waals surface area contributed by atoms with Gasteiger partial charge in [0.2, 0.25) is 0 Å². The number of ether oxygens (including phenoxy) is 1. The molecule has 0 aliphatic heterocycles. The van der Waals surface area contributed by atoms with E-state index in [1.807, 2.05) is 20.8 Å².